The van der Waals surface area contributed by atoms with Crippen LogP contribution in [0.5, 0.6) is 0 Å². The molecular formula is C10H18N4O6S. The lowest BCUT2D eigenvalue weighted by molar-refractivity contribution is -0.155. The van der Waals surface area contributed by atoms with Crippen LogP contribution in [0, 0.1) is 0 Å². The minimum atomic E-state index is -1.17. The molecule has 3 atom stereocenters. The molecule has 0 aromatic heterocycles. The number of carboxylic acids is 1. The van der Waals surface area contributed by atoms with E-state index in [1.165, 1.54) is 5.01 Å². The molecule has 10 nitrogen and oxygen atoms in total. The van der Waals surface area contributed by atoms with Crippen molar-refractivity contribution >= 4 is 30.5 Å². The third kappa shape index (κ3) is 5.47. The maximum atomic E-state index is 11.6. The Kier molecular flexibility index (Phi) is 6.84. The molecular weight excluding hydrogens is 304 g/mol. The molecule has 11 heteroatoms. The van der Waals surface area contributed by atoms with Crippen molar-refractivity contribution < 1.29 is 29.4 Å². The molecule has 3 unspecified atom stereocenters. The van der Waals surface area contributed by atoms with Gasteiger partial charge in [-0.2, -0.15) is 18.1 Å². The van der Waals surface area contributed by atoms with Crippen LogP contribution < -0.4 is 16.6 Å². The average Bonchev–Trinajstić information content (AvgIpc) is 2.55. The van der Waals surface area contributed by atoms with Crippen molar-refractivity contribution in [2.24, 2.45) is 5.73 Å². The van der Waals surface area contributed by atoms with Gasteiger partial charge >= 0.3 is 11.9 Å². The number of carbonyl (C=O) groups excluding carboxylic acids is 2. The van der Waals surface area contributed by atoms with Crippen LogP contribution in [0.1, 0.15) is 12.8 Å². The Morgan fingerprint density at radius 1 is 1.57 bits per heavy atom. The van der Waals surface area contributed by atoms with Crippen LogP contribution >= 0.6 is 12.6 Å². The Morgan fingerprint density at radius 3 is 2.81 bits per heavy atom. The van der Waals surface area contributed by atoms with Crippen LogP contribution in [0.25, 0.3) is 0 Å². The van der Waals surface area contributed by atoms with Crippen molar-refractivity contribution in [2.75, 3.05) is 12.3 Å². The summed E-state index contributed by atoms with van der Waals surface area (Å²) in [7, 11) is 0. The molecule has 0 bridgehead atoms. The third-order valence-corrected chi connectivity index (χ3v) is 3.15. The van der Waals surface area contributed by atoms with E-state index in [-0.39, 0.29) is 25.1 Å². The molecule has 0 spiro atoms. The van der Waals surface area contributed by atoms with E-state index in [1.54, 1.807) is 0 Å². The Morgan fingerprint density at radius 2 is 2.24 bits per heavy atom. The summed E-state index contributed by atoms with van der Waals surface area (Å²) in [4.78, 5) is 38.0. The van der Waals surface area contributed by atoms with E-state index in [1.807, 2.05) is 5.48 Å². The summed E-state index contributed by atoms with van der Waals surface area (Å²) >= 11 is 4.00. The molecule has 120 valence electrons. The van der Waals surface area contributed by atoms with Crippen molar-refractivity contribution in [3.63, 3.8) is 0 Å². The second kappa shape index (κ2) is 8.14. The topological polar surface area (TPSA) is 154 Å². The first kappa shape index (κ1) is 17.7. The second-order valence-electron chi connectivity index (χ2n) is 4.43. The lowest BCUT2D eigenvalue weighted by Crippen LogP contribution is -2.55. The molecule has 0 aliphatic carbocycles. The summed E-state index contributed by atoms with van der Waals surface area (Å²) in [5, 5.41) is 19.6. The minimum absolute atomic E-state index is 0.0273. The van der Waals surface area contributed by atoms with Crippen molar-refractivity contribution in [3.05, 3.63) is 0 Å². The van der Waals surface area contributed by atoms with Crippen LogP contribution in [0.2, 0.25) is 0 Å². The van der Waals surface area contributed by atoms with Gasteiger partial charge in [0.25, 0.3) is 5.91 Å². The van der Waals surface area contributed by atoms with E-state index in [2.05, 4.69) is 22.9 Å². The summed E-state index contributed by atoms with van der Waals surface area (Å²) in [6.07, 6.45) is -1.11. The number of nitrogens with zero attached hydrogens (tertiary/aromatic N) is 1. The smallest absolute Gasteiger partial charge is 0.347 e. The molecule has 6 N–H and O–H groups in total. The van der Waals surface area contributed by atoms with E-state index in [0.29, 0.717) is 0 Å². The summed E-state index contributed by atoms with van der Waals surface area (Å²) < 4.78 is 0. The molecule has 1 amide bonds. The van der Waals surface area contributed by atoms with Crippen LogP contribution in [0.3, 0.4) is 0 Å². The lowest BCUT2D eigenvalue weighted by atomic mass is 10.1. The van der Waals surface area contributed by atoms with Crippen LogP contribution in [-0.4, -0.2) is 63.7 Å². The van der Waals surface area contributed by atoms with E-state index in [9.17, 15) is 19.5 Å². The first-order chi connectivity index (χ1) is 9.85. The lowest BCUT2D eigenvalue weighted by Gasteiger charge is -2.28. The van der Waals surface area contributed by atoms with Crippen molar-refractivity contribution in [1.29, 1.82) is 0 Å². The molecule has 1 aliphatic heterocycles. The monoisotopic (exact) mass is 322 g/mol. The zero-order chi connectivity index (χ0) is 16.0. The first-order valence-electron chi connectivity index (χ1n) is 6.14. The summed E-state index contributed by atoms with van der Waals surface area (Å²) in [6, 6.07) is -1.93. The summed E-state index contributed by atoms with van der Waals surface area (Å²) in [6.45, 7) is -0.286. The zero-order valence-electron chi connectivity index (χ0n) is 11.1. The normalized spacial score (nSPS) is 22.9. The number of aliphatic hydroxyl groups excluding tert-OH is 1. The van der Waals surface area contributed by atoms with Gasteiger partial charge in [-0.15, -0.1) is 0 Å². The fourth-order valence-corrected chi connectivity index (χ4v) is 2.00. The van der Waals surface area contributed by atoms with E-state index in [0.717, 1.165) is 0 Å². The van der Waals surface area contributed by atoms with Gasteiger partial charge in [0.05, 0.1) is 0 Å². The fraction of sp³-hybridized carbons (Fsp3) is 0.700. The molecule has 0 aromatic rings. The predicted molar refractivity (Wildman–Crippen MR) is 72.6 cm³/mol. The van der Waals surface area contributed by atoms with Gasteiger partial charge in [-0.1, -0.05) is 0 Å². The standard InChI is InChI=1S/C10H18N4O6S/c11-5(10(18)19)1-2-7(15)12-14-3-8(16)20-13-9(17)6(14)4-21/h5-7,12,15,21H,1-4,11H2,(H,13,17)(H,18,19). The fourth-order valence-electron chi connectivity index (χ4n) is 1.63. The number of thiol groups is 1. The van der Waals surface area contributed by atoms with Gasteiger partial charge in [0.1, 0.15) is 24.9 Å². The van der Waals surface area contributed by atoms with Crippen molar-refractivity contribution in [1.82, 2.24) is 15.9 Å². The Balaban J connectivity index is 2.57. The number of carboxylic acid groups (broad SMARTS) is 1. The highest BCUT2D eigenvalue weighted by molar-refractivity contribution is 7.80. The molecule has 1 rings (SSSR count). The quantitative estimate of drug-likeness (QED) is 0.215. The largest absolute Gasteiger partial charge is 0.480 e. The highest BCUT2D eigenvalue weighted by atomic mass is 32.1. The number of hydrogen-bond donors (Lipinski definition) is 6. The minimum Gasteiger partial charge on any atom is -0.480 e. The number of hydrazine groups is 1. The van der Waals surface area contributed by atoms with Crippen LogP contribution in [-0.2, 0) is 19.2 Å². The number of amides is 1. The number of carbonyl (C=O) groups is 3. The summed E-state index contributed by atoms with van der Waals surface area (Å²) in [5.74, 6) is -2.39. The molecule has 1 aliphatic rings. The zero-order valence-corrected chi connectivity index (χ0v) is 12.0. The van der Waals surface area contributed by atoms with Gasteiger partial charge in [-0.25, -0.2) is 15.2 Å². The first-order valence-corrected chi connectivity index (χ1v) is 6.78. The number of aliphatic carboxylic acids is 1. The van der Waals surface area contributed by atoms with Gasteiger partial charge in [0, 0.05) is 5.75 Å². The molecule has 0 radical (unpaired) electrons. The number of nitrogens with two attached hydrogens (primary N) is 1. The van der Waals surface area contributed by atoms with Crippen molar-refractivity contribution in [2.45, 2.75) is 31.2 Å². The van der Waals surface area contributed by atoms with E-state index in [4.69, 9.17) is 10.8 Å². The number of hydrogen-bond acceptors (Lipinski definition) is 9. The number of hydroxylamine groups is 1. The summed E-state index contributed by atoms with van der Waals surface area (Å²) in [5.41, 5.74) is 9.83. The number of rotatable bonds is 7. The van der Waals surface area contributed by atoms with E-state index >= 15 is 0 Å². The molecule has 1 heterocycles. The van der Waals surface area contributed by atoms with Gasteiger partial charge in [-0.05, 0) is 12.8 Å². The van der Waals surface area contributed by atoms with Gasteiger partial charge in [0.2, 0.25) is 0 Å². The Bertz CT molecular complexity index is 409. The van der Waals surface area contributed by atoms with Gasteiger partial charge < -0.3 is 20.8 Å². The Labute approximate surface area is 125 Å². The average molecular weight is 322 g/mol. The van der Waals surface area contributed by atoms with Crippen LogP contribution in [0.4, 0.5) is 0 Å². The SMILES string of the molecule is NC(CCC(O)NN1CC(=O)ONC(=O)C1CS)C(=O)O. The van der Waals surface area contributed by atoms with Gasteiger partial charge in [-0.3, -0.25) is 9.59 Å². The van der Waals surface area contributed by atoms with Crippen LogP contribution in [0.15, 0.2) is 0 Å². The van der Waals surface area contributed by atoms with Crippen molar-refractivity contribution in [3.8, 4) is 0 Å². The van der Waals surface area contributed by atoms with Gasteiger partial charge in [0.15, 0.2) is 0 Å². The highest BCUT2D eigenvalue weighted by Crippen LogP contribution is 2.06. The molecule has 21 heavy (non-hydrogen) atoms. The maximum Gasteiger partial charge on any atom is 0.347 e. The molecule has 0 aromatic carbocycles. The third-order valence-electron chi connectivity index (χ3n) is 2.80. The Hall–Kier alpha value is -1.40. The maximum absolute atomic E-state index is 11.6. The predicted octanol–water partition coefficient (Wildman–Crippen LogP) is -2.81. The highest BCUT2D eigenvalue weighted by Gasteiger charge is 2.32. The molecule has 1 fully saturated rings. The second-order valence-corrected chi connectivity index (χ2v) is 4.80. The van der Waals surface area contributed by atoms with E-state index < -0.39 is 36.2 Å². The number of aliphatic hydroxyl groups is 1. The number of nitrogens with one attached hydrogen (secondary N) is 2. The molecule has 0 saturated carbocycles. The molecule has 1 saturated heterocycles.